The Labute approximate surface area is 87.5 Å². The Kier molecular flexibility index (Phi) is 2.54. The fraction of sp³-hybridized carbons (Fsp3) is 0.0833. The van der Waals surface area contributed by atoms with E-state index in [1.165, 1.54) is 12.5 Å². The van der Waals surface area contributed by atoms with E-state index in [1.807, 2.05) is 12.1 Å². The van der Waals surface area contributed by atoms with Gasteiger partial charge in [0.25, 0.3) is 0 Å². The molecule has 0 amide bonds. The SMILES string of the molecule is Nc1cccc(CC(=O)c2ccoc2)c1. The summed E-state index contributed by atoms with van der Waals surface area (Å²) in [5, 5.41) is 0. The van der Waals surface area contributed by atoms with Gasteiger partial charge in [-0.15, -0.1) is 0 Å². The minimum atomic E-state index is 0.0364. The predicted octanol–water partition coefficient (Wildman–Crippen LogP) is 2.29. The second-order valence-corrected chi connectivity index (χ2v) is 3.36. The number of Topliss-reactive ketones (excluding diaryl/α,β-unsaturated/α-hetero) is 1. The Morgan fingerprint density at radius 1 is 1.33 bits per heavy atom. The molecule has 0 saturated heterocycles. The lowest BCUT2D eigenvalue weighted by Gasteiger charge is -2.00. The highest BCUT2D eigenvalue weighted by Crippen LogP contribution is 2.11. The van der Waals surface area contributed by atoms with E-state index in [0.29, 0.717) is 17.7 Å². The van der Waals surface area contributed by atoms with Gasteiger partial charge in [-0.1, -0.05) is 12.1 Å². The van der Waals surface area contributed by atoms with Crippen molar-refractivity contribution in [3.63, 3.8) is 0 Å². The molecule has 76 valence electrons. The molecule has 1 aromatic heterocycles. The zero-order chi connectivity index (χ0) is 10.7. The van der Waals surface area contributed by atoms with Crippen LogP contribution in [0.2, 0.25) is 0 Å². The maximum absolute atomic E-state index is 11.7. The summed E-state index contributed by atoms with van der Waals surface area (Å²) in [7, 11) is 0. The van der Waals surface area contributed by atoms with E-state index in [0.717, 1.165) is 5.56 Å². The maximum atomic E-state index is 11.7. The van der Waals surface area contributed by atoms with Crippen molar-refractivity contribution in [2.45, 2.75) is 6.42 Å². The second kappa shape index (κ2) is 4.00. The van der Waals surface area contributed by atoms with Gasteiger partial charge in [0.15, 0.2) is 5.78 Å². The molecule has 0 spiro atoms. The molecule has 1 heterocycles. The minimum absolute atomic E-state index is 0.0364. The van der Waals surface area contributed by atoms with E-state index in [2.05, 4.69) is 0 Å². The summed E-state index contributed by atoms with van der Waals surface area (Å²) < 4.78 is 4.85. The number of hydrogen-bond acceptors (Lipinski definition) is 3. The molecule has 0 aliphatic rings. The number of hydrogen-bond donors (Lipinski definition) is 1. The van der Waals surface area contributed by atoms with Gasteiger partial charge < -0.3 is 10.2 Å². The van der Waals surface area contributed by atoms with E-state index in [9.17, 15) is 4.79 Å². The van der Waals surface area contributed by atoms with Gasteiger partial charge in [-0.25, -0.2) is 0 Å². The first kappa shape index (κ1) is 9.52. The Bertz CT molecular complexity index is 460. The molecule has 3 heteroatoms. The van der Waals surface area contributed by atoms with Crippen LogP contribution in [0.3, 0.4) is 0 Å². The third-order valence-corrected chi connectivity index (χ3v) is 2.16. The van der Waals surface area contributed by atoms with Gasteiger partial charge in [0.2, 0.25) is 0 Å². The van der Waals surface area contributed by atoms with Crippen LogP contribution in [0.4, 0.5) is 5.69 Å². The van der Waals surface area contributed by atoms with Crippen LogP contribution >= 0.6 is 0 Å². The summed E-state index contributed by atoms with van der Waals surface area (Å²) in [6.45, 7) is 0. The molecule has 2 rings (SSSR count). The van der Waals surface area contributed by atoms with Crippen LogP contribution in [0.25, 0.3) is 0 Å². The first-order chi connectivity index (χ1) is 7.25. The number of benzene rings is 1. The van der Waals surface area contributed by atoms with Crippen LogP contribution in [0, 0.1) is 0 Å². The normalized spacial score (nSPS) is 10.1. The van der Waals surface area contributed by atoms with Crippen LogP contribution < -0.4 is 5.73 Å². The van der Waals surface area contributed by atoms with Gasteiger partial charge in [0, 0.05) is 12.1 Å². The zero-order valence-corrected chi connectivity index (χ0v) is 8.14. The Balaban J connectivity index is 2.13. The number of carbonyl (C=O) groups is 1. The number of nitrogen functional groups attached to an aromatic ring is 1. The molecule has 0 radical (unpaired) electrons. The van der Waals surface area contributed by atoms with Crippen molar-refractivity contribution >= 4 is 11.5 Å². The van der Waals surface area contributed by atoms with Gasteiger partial charge in [0.1, 0.15) is 6.26 Å². The van der Waals surface area contributed by atoms with Gasteiger partial charge in [-0.2, -0.15) is 0 Å². The van der Waals surface area contributed by atoms with Crippen LogP contribution in [0.1, 0.15) is 15.9 Å². The van der Waals surface area contributed by atoms with Crippen LogP contribution in [-0.2, 0) is 6.42 Å². The Hall–Kier alpha value is -2.03. The van der Waals surface area contributed by atoms with Crippen molar-refractivity contribution in [3.05, 3.63) is 54.0 Å². The van der Waals surface area contributed by atoms with E-state index in [1.54, 1.807) is 18.2 Å². The molecule has 0 atom stereocenters. The highest BCUT2D eigenvalue weighted by molar-refractivity contribution is 5.97. The average Bonchev–Trinajstić information content (AvgIpc) is 2.70. The van der Waals surface area contributed by atoms with Crippen molar-refractivity contribution in [2.24, 2.45) is 0 Å². The van der Waals surface area contributed by atoms with Gasteiger partial charge >= 0.3 is 0 Å². The third kappa shape index (κ3) is 2.26. The lowest BCUT2D eigenvalue weighted by molar-refractivity contribution is 0.0992. The maximum Gasteiger partial charge on any atom is 0.170 e. The molecular weight excluding hydrogens is 190 g/mol. The fourth-order valence-electron chi connectivity index (χ4n) is 1.41. The molecule has 2 N–H and O–H groups in total. The average molecular weight is 201 g/mol. The summed E-state index contributed by atoms with van der Waals surface area (Å²) in [4.78, 5) is 11.7. The summed E-state index contributed by atoms with van der Waals surface area (Å²) in [5.41, 5.74) is 7.81. The van der Waals surface area contributed by atoms with Crippen molar-refractivity contribution in [1.82, 2.24) is 0 Å². The molecule has 0 saturated carbocycles. The number of rotatable bonds is 3. The van der Waals surface area contributed by atoms with Crippen molar-refractivity contribution < 1.29 is 9.21 Å². The standard InChI is InChI=1S/C12H11NO2/c13-11-3-1-2-9(6-11)7-12(14)10-4-5-15-8-10/h1-6,8H,7,13H2. The summed E-state index contributed by atoms with van der Waals surface area (Å²) in [6.07, 6.45) is 3.30. The number of ketones is 1. The summed E-state index contributed by atoms with van der Waals surface area (Å²) in [6, 6.07) is 8.99. The number of nitrogens with two attached hydrogens (primary N) is 1. The first-order valence-corrected chi connectivity index (χ1v) is 4.65. The molecule has 1 aromatic carbocycles. The van der Waals surface area contributed by atoms with Crippen LogP contribution in [0.15, 0.2) is 47.3 Å². The topological polar surface area (TPSA) is 56.2 Å². The van der Waals surface area contributed by atoms with Gasteiger partial charge in [-0.3, -0.25) is 4.79 Å². The lowest BCUT2D eigenvalue weighted by atomic mass is 10.1. The fourth-order valence-corrected chi connectivity index (χ4v) is 1.41. The van der Waals surface area contributed by atoms with Crippen molar-refractivity contribution in [2.75, 3.05) is 5.73 Å². The van der Waals surface area contributed by atoms with Gasteiger partial charge in [0.05, 0.1) is 11.8 Å². The highest BCUT2D eigenvalue weighted by Gasteiger charge is 2.07. The molecule has 0 unspecified atom stereocenters. The molecule has 0 aliphatic carbocycles. The number of furan rings is 1. The quantitative estimate of drug-likeness (QED) is 0.612. The second-order valence-electron chi connectivity index (χ2n) is 3.36. The van der Waals surface area contributed by atoms with E-state index in [-0.39, 0.29) is 5.78 Å². The van der Waals surface area contributed by atoms with Crippen LogP contribution in [0.5, 0.6) is 0 Å². The van der Waals surface area contributed by atoms with Gasteiger partial charge in [-0.05, 0) is 23.8 Å². The van der Waals surface area contributed by atoms with Crippen LogP contribution in [-0.4, -0.2) is 5.78 Å². The number of carbonyl (C=O) groups excluding carboxylic acids is 1. The monoisotopic (exact) mass is 201 g/mol. The van der Waals surface area contributed by atoms with E-state index < -0.39 is 0 Å². The lowest BCUT2D eigenvalue weighted by Crippen LogP contribution is -2.02. The molecule has 2 aromatic rings. The highest BCUT2D eigenvalue weighted by atomic mass is 16.3. The molecular formula is C12H11NO2. The smallest absolute Gasteiger partial charge is 0.170 e. The molecule has 0 fully saturated rings. The first-order valence-electron chi connectivity index (χ1n) is 4.65. The van der Waals surface area contributed by atoms with Crippen molar-refractivity contribution in [1.29, 1.82) is 0 Å². The molecule has 0 aliphatic heterocycles. The largest absolute Gasteiger partial charge is 0.472 e. The minimum Gasteiger partial charge on any atom is -0.472 e. The summed E-state index contributed by atoms with van der Waals surface area (Å²) >= 11 is 0. The Morgan fingerprint density at radius 2 is 2.20 bits per heavy atom. The molecule has 15 heavy (non-hydrogen) atoms. The molecule has 0 bridgehead atoms. The van der Waals surface area contributed by atoms with Crippen molar-refractivity contribution in [3.8, 4) is 0 Å². The van der Waals surface area contributed by atoms with E-state index in [4.69, 9.17) is 10.2 Å². The molecule has 3 nitrogen and oxygen atoms in total. The Morgan fingerprint density at radius 3 is 2.87 bits per heavy atom. The third-order valence-electron chi connectivity index (χ3n) is 2.16. The predicted molar refractivity (Wildman–Crippen MR) is 57.6 cm³/mol. The zero-order valence-electron chi connectivity index (χ0n) is 8.14. The van der Waals surface area contributed by atoms with E-state index >= 15 is 0 Å². The number of anilines is 1. The summed E-state index contributed by atoms with van der Waals surface area (Å²) in [5.74, 6) is 0.0364.